The number of hydrogen-bond donors (Lipinski definition) is 0. The fourth-order valence-electron chi connectivity index (χ4n) is 0.853. The molecule has 0 radical (unpaired) electrons. The van der Waals surface area contributed by atoms with Crippen LogP contribution in [-0.4, -0.2) is 24.6 Å². The Morgan fingerprint density at radius 3 is 2.44 bits per heavy atom. The maximum absolute atomic E-state index is 10.6. The third-order valence-corrected chi connectivity index (χ3v) is 1.47. The molecule has 0 N–H and O–H groups in total. The van der Waals surface area contributed by atoms with Crippen molar-refractivity contribution in [3.05, 3.63) is 12.2 Å². The Morgan fingerprint density at radius 2 is 1.94 bits per heavy atom. The zero-order valence-corrected chi connectivity index (χ0v) is 9.83. The highest BCUT2D eigenvalue weighted by Gasteiger charge is 1.99. The highest BCUT2D eigenvalue weighted by molar-refractivity contribution is 5.66. The Hall–Kier alpha value is -1.76. The summed E-state index contributed by atoms with van der Waals surface area (Å²) in [5.41, 5.74) is 0.706. The van der Waals surface area contributed by atoms with Gasteiger partial charge in [0.15, 0.2) is 6.10 Å². The van der Waals surface area contributed by atoms with Crippen LogP contribution in [0.25, 0.3) is 0 Å². The van der Waals surface area contributed by atoms with Gasteiger partial charge in [0.1, 0.15) is 6.61 Å². The molecule has 0 aromatic heterocycles. The maximum Gasteiger partial charge on any atom is 0.303 e. The van der Waals surface area contributed by atoms with Gasteiger partial charge in [-0.15, -0.1) is 0 Å². The SMILES string of the molecule is C=C(CC#CC(C)OC(C)=O)COC(C)=O. The summed E-state index contributed by atoms with van der Waals surface area (Å²) in [7, 11) is 0. The predicted molar refractivity (Wildman–Crippen MR) is 59.4 cm³/mol. The molecule has 0 bridgehead atoms. The number of carbonyl (C=O) groups is 2. The lowest BCUT2D eigenvalue weighted by Gasteiger charge is -2.03. The molecule has 0 aliphatic rings. The fourth-order valence-corrected chi connectivity index (χ4v) is 0.853. The van der Waals surface area contributed by atoms with Crippen LogP contribution in [0.4, 0.5) is 0 Å². The summed E-state index contributed by atoms with van der Waals surface area (Å²) >= 11 is 0. The molecule has 88 valence electrons. The molecule has 1 unspecified atom stereocenters. The number of esters is 2. The summed E-state index contributed by atoms with van der Waals surface area (Å²) < 4.78 is 9.54. The van der Waals surface area contributed by atoms with Gasteiger partial charge in [-0.3, -0.25) is 9.59 Å². The molecule has 1 atom stereocenters. The van der Waals surface area contributed by atoms with Gasteiger partial charge in [0.25, 0.3) is 0 Å². The summed E-state index contributed by atoms with van der Waals surface area (Å²) in [6, 6.07) is 0. The second-order valence-corrected chi connectivity index (χ2v) is 3.28. The van der Waals surface area contributed by atoms with Crippen LogP contribution in [0, 0.1) is 11.8 Å². The van der Waals surface area contributed by atoms with Gasteiger partial charge in [-0.2, -0.15) is 0 Å². The molecule has 4 heteroatoms. The second kappa shape index (κ2) is 7.52. The number of hydrogen-bond acceptors (Lipinski definition) is 4. The average Bonchev–Trinajstić information content (AvgIpc) is 2.13. The molecule has 0 amide bonds. The van der Waals surface area contributed by atoms with Gasteiger partial charge < -0.3 is 9.47 Å². The van der Waals surface area contributed by atoms with Crippen LogP contribution >= 0.6 is 0 Å². The zero-order chi connectivity index (χ0) is 12.6. The molecular formula is C12H16O4. The molecular weight excluding hydrogens is 208 g/mol. The Labute approximate surface area is 95.6 Å². The first-order valence-corrected chi connectivity index (χ1v) is 4.87. The van der Waals surface area contributed by atoms with E-state index in [1.165, 1.54) is 13.8 Å². The lowest BCUT2D eigenvalue weighted by Crippen LogP contribution is -2.09. The van der Waals surface area contributed by atoms with Crippen molar-refractivity contribution in [2.45, 2.75) is 33.3 Å². The summed E-state index contributed by atoms with van der Waals surface area (Å²) in [6.07, 6.45) is -0.0159. The molecule has 0 aliphatic heterocycles. The topological polar surface area (TPSA) is 52.6 Å². The van der Waals surface area contributed by atoms with Crippen LogP contribution in [0.5, 0.6) is 0 Å². The Kier molecular flexibility index (Phi) is 6.69. The van der Waals surface area contributed by atoms with Crippen LogP contribution in [0.1, 0.15) is 27.2 Å². The molecule has 0 rings (SSSR count). The van der Waals surface area contributed by atoms with Gasteiger partial charge in [0, 0.05) is 20.3 Å². The standard InChI is InChI=1S/C12H16O4/c1-9(8-15-11(3)13)6-5-7-10(2)16-12(4)14/h10H,1,6,8H2,2-4H3. The van der Waals surface area contributed by atoms with Gasteiger partial charge in [-0.05, 0) is 12.5 Å². The Bertz CT molecular complexity index is 333. The van der Waals surface area contributed by atoms with E-state index in [0.717, 1.165) is 0 Å². The third-order valence-electron chi connectivity index (χ3n) is 1.47. The van der Waals surface area contributed by atoms with Crippen molar-refractivity contribution in [1.29, 1.82) is 0 Å². The number of carbonyl (C=O) groups excluding carboxylic acids is 2. The van der Waals surface area contributed by atoms with Gasteiger partial charge in [0.05, 0.1) is 0 Å². The largest absolute Gasteiger partial charge is 0.461 e. The van der Waals surface area contributed by atoms with E-state index in [-0.39, 0.29) is 18.5 Å². The molecule has 0 heterocycles. The van der Waals surface area contributed by atoms with Crippen LogP contribution in [0.3, 0.4) is 0 Å². The molecule has 0 spiro atoms. The Morgan fingerprint density at radius 1 is 1.31 bits per heavy atom. The first-order chi connectivity index (χ1) is 7.41. The van der Waals surface area contributed by atoms with E-state index in [1.807, 2.05) is 0 Å². The maximum atomic E-state index is 10.6. The monoisotopic (exact) mass is 224 g/mol. The highest BCUT2D eigenvalue weighted by atomic mass is 16.5. The van der Waals surface area contributed by atoms with Crippen molar-refractivity contribution < 1.29 is 19.1 Å². The van der Waals surface area contributed by atoms with E-state index < -0.39 is 6.10 Å². The van der Waals surface area contributed by atoms with Gasteiger partial charge in [-0.1, -0.05) is 18.4 Å². The minimum Gasteiger partial charge on any atom is -0.461 e. The lowest BCUT2D eigenvalue weighted by molar-refractivity contribution is -0.143. The van der Waals surface area contributed by atoms with Gasteiger partial charge in [0.2, 0.25) is 0 Å². The van der Waals surface area contributed by atoms with Crippen molar-refractivity contribution in [2.24, 2.45) is 0 Å². The van der Waals surface area contributed by atoms with Crippen LogP contribution < -0.4 is 0 Å². The van der Waals surface area contributed by atoms with Crippen molar-refractivity contribution in [1.82, 2.24) is 0 Å². The zero-order valence-electron chi connectivity index (χ0n) is 9.83. The second-order valence-electron chi connectivity index (χ2n) is 3.28. The number of rotatable bonds is 4. The van der Waals surface area contributed by atoms with E-state index in [1.54, 1.807) is 6.92 Å². The van der Waals surface area contributed by atoms with E-state index in [4.69, 9.17) is 9.47 Å². The molecule has 0 aliphatic carbocycles. The molecule has 0 saturated carbocycles. The number of ether oxygens (including phenoxy) is 2. The Balaban J connectivity index is 3.86. The highest BCUT2D eigenvalue weighted by Crippen LogP contribution is 1.98. The third kappa shape index (κ3) is 8.82. The van der Waals surface area contributed by atoms with Crippen LogP contribution in [0.15, 0.2) is 12.2 Å². The minimum absolute atomic E-state index is 0.173. The van der Waals surface area contributed by atoms with Crippen molar-refractivity contribution >= 4 is 11.9 Å². The fraction of sp³-hybridized carbons (Fsp3) is 0.500. The van der Waals surface area contributed by atoms with E-state index >= 15 is 0 Å². The van der Waals surface area contributed by atoms with Crippen LogP contribution in [-0.2, 0) is 19.1 Å². The molecule has 0 fully saturated rings. The van der Waals surface area contributed by atoms with Gasteiger partial charge >= 0.3 is 11.9 Å². The summed E-state index contributed by atoms with van der Waals surface area (Å²) in [6.45, 7) is 8.22. The smallest absolute Gasteiger partial charge is 0.303 e. The van der Waals surface area contributed by atoms with Crippen molar-refractivity contribution in [3.8, 4) is 11.8 Å². The normalized spacial score (nSPS) is 10.7. The minimum atomic E-state index is -0.431. The summed E-state index contributed by atoms with van der Waals surface area (Å²) in [5.74, 6) is 4.83. The van der Waals surface area contributed by atoms with Gasteiger partial charge in [-0.25, -0.2) is 0 Å². The van der Waals surface area contributed by atoms with E-state index in [2.05, 4.69) is 18.4 Å². The first-order valence-electron chi connectivity index (χ1n) is 4.87. The quantitative estimate of drug-likeness (QED) is 0.412. The molecule has 0 aromatic rings. The van der Waals surface area contributed by atoms with E-state index in [9.17, 15) is 9.59 Å². The molecule has 0 saturated heterocycles. The first kappa shape index (κ1) is 14.2. The summed E-state index contributed by atoms with van der Waals surface area (Å²) in [4.78, 5) is 21.1. The van der Waals surface area contributed by atoms with Crippen LogP contribution in [0.2, 0.25) is 0 Å². The van der Waals surface area contributed by atoms with Crippen molar-refractivity contribution in [3.63, 3.8) is 0 Å². The summed E-state index contributed by atoms with van der Waals surface area (Å²) in [5, 5.41) is 0. The molecule has 0 aromatic carbocycles. The molecule has 16 heavy (non-hydrogen) atoms. The van der Waals surface area contributed by atoms with E-state index in [0.29, 0.717) is 12.0 Å². The predicted octanol–water partition coefficient (Wildman–Crippen LogP) is 1.45. The lowest BCUT2D eigenvalue weighted by atomic mass is 10.2. The molecule has 4 nitrogen and oxygen atoms in total. The average molecular weight is 224 g/mol. The van der Waals surface area contributed by atoms with Crippen molar-refractivity contribution in [2.75, 3.05) is 6.61 Å².